The van der Waals surface area contributed by atoms with Crippen LogP contribution >= 0.6 is 0 Å². The number of nitrogens with one attached hydrogen (secondary N) is 1. The molecule has 2 rings (SSSR count). The second-order valence-electron chi connectivity index (χ2n) is 3.74. The fourth-order valence-corrected chi connectivity index (χ4v) is 1.49. The van der Waals surface area contributed by atoms with Crippen molar-refractivity contribution in [1.82, 2.24) is 4.98 Å². The Morgan fingerprint density at radius 2 is 2.26 bits per heavy atom. The quantitative estimate of drug-likeness (QED) is 0.638. The summed E-state index contributed by atoms with van der Waals surface area (Å²) in [5.74, 6) is 1.40. The van der Waals surface area contributed by atoms with Gasteiger partial charge in [0.25, 0.3) is 0 Å². The summed E-state index contributed by atoms with van der Waals surface area (Å²) in [4.78, 5) is 4.06. The molecule has 0 bridgehead atoms. The lowest BCUT2D eigenvalue weighted by Crippen LogP contribution is -1.94. The highest BCUT2D eigenvalue weighted by molar-refractivity contribution is 5.84. The monoisotopic (exact) mass is 257 g/mol. The van der Waals surface area contributed by atoms with Gasteiger partial charge in [-0.15, -0.1) is 0 Å². The molecule has 5 heteroatoms. The van der Waals surface area contributed by atoms with Crippen molar-refractivity contribution >= 4 is 12.0 Å². The highest BCUT2D eigenvalue weighted by Crippen LogP contribution is 2.22. The molecule has 2 aromatic rings. The third-order valence-corrected chi connectivity index (χ3v) is 2.36. The fourth-order valence-electron chi connectivity index (χ4n) is 1.49. The van der Waals surface area contributed by atoms with Crippen molar-refractivity contribution in [1.29, 1.82) is 0 Å². The summed E-state index contributed by atoms with van der Waals surface area (Å²) < 4.78 is 5.29. The van der Waals surface area contributed by atoms with Gasteiger partial charge in [0.15, 0.2) is 0 Å². The van der Waals surface area contributed by atoms with Crippen molar-refractivity contribution in [3.63, 3.8) is 0 Å². The minimum Gasteiger partial charge on any atom is -0.507 e. The second kappa shape index (κ2) is 6.39. The fraction of sp³-hybridized carbons (Fsp3) is 0.143. The summed E-state index contributed by atoms with van der Waals surface area (Å²) in [6.07, 6.45) is 3.20. The summed E-state index contributed by atoms with van der Waals surface area (Å²) in [6, 6.07) is 10.6. The average Bonchev–Trinajstić information content (AvgIpc) is 2.43. The van der Waals surface area contributed by atoms with Crippen molar-refractivity contribution < 1.29 is 9.84 Å². The molecule has 0 amide bonds. The summed E-state index contributed by atoms with van der Waals surface area (Å²) in [6.45, 7) is 2.46. The van der Waals surface area contributed by atoms with Crippen molar-refractivity contribution in [2.24, 2.45) is 5.10 Å². The first-order chi connectivity index (χ1) is 9.29. The van der Waals surface area contributed by atoms with E-state index in [0.717, 1.165) is 0 Å². The van der Waals surface area contributed by atoms with Gasteiger partial charge >= 0.3 is 0 Å². The standard InChI is InChI=1S/C14H15N3O2/c1-2-19-12-7-6-11(13(18)9-12)10-16-17-14-5-3-4-8-15-14/h3-10,18H,2H2,1H3,(H,15,17)/b16-10+. The Labute approximate surface area is 111 Å². The van der Waals surface area contributed by atoms with Crippen LogP contribution in [0.5, 0.6) is 11.5 Å². The number of anilines is 1. The number of aromatic hydroxyl groups is 1. The number of phenolic OH excluding ortho intramolecular Hbond substituents is 1. The molecule has 0 aliphatic rings. The number of phenols is 1. The summed E-state index contributed by atoms with van der Waals surface area (Å²) in [5.41, 5.74) is 3.38. The number of aromatic nitrogens is 1. The van der Waals surface area contributed by atoms with E-state index in [1.165, 1.54) is 6.21 Å². The Hall–Kier alpha value is -2.56. The molecule has 98 valence electrons. The lowest BCUT2D eigenvalue weighted by Gasteiger charge is -2.05. The van der Waals surface area contributed by atoms with E-state index < -0.39 is 0 Å². The molecule has 0 spiro atoms. The van der Waals surface area contributed by atoms with Crippen molar-refractivity contribution in [3.8, 4) is 11.5 Å². The molecule has 1 aromatic heterocycles. The molecule has 0 fully saturated rings. The minimum absolute atomic E-state index is 0.123. The average molecular weight is 257 g/mol. The van der Waals surface area contributed by atoms with Gasteiger partial charge in [0.05, 0.1) is 12.8 Å². The second-order valence-corrected chi connectivity index (χ2v) is 3.74. The molecule has 1 heterocycles. The summed E-state index contributed by atoms with van der Waals surface area (Å²) in [7, 11) is 0. The zero-order valence-electron chi connectivity index (χ0n) is 10.6. The summed E-state index contributed by atoms with van der Waals surface area (Å²) in [5, 5.41) is 13.8. The van der Waals surface area contributed by atoms with Crippen molar-refractivity contribution in [2.45, 2.75) is 6.92 Å². The maximum atomic E-state index is 9.80. The molecule has 0 atom stereocenters. The molecule has 0 saturated heterocycles. The van der Waals surface area contributed by atoms with Crippen molar-refractivity contribution in [2.75, 3.05) is 12.0 Å². The molecular weight excluding hydrogens is 242 g/mol. The molecule has 1 aromatic carbocycles. The topological polar surface area (TPSA) is 66.7 Å². The predicted octanol–water partition coefficient (Wildman–Crippen LogP) is 2.63. The first kappa shape index (κ1) is 12.9. The van der Waals surface area contributed by atoms with Gasteiger partial charge in [-0.05, 0) is 31.2 Å². The highest BCUT2D eigenvalue weighted by Gasteiger charge is 2.00. The molecule has 19 heavy (non-hydrogen) atoms. The predicted molar refractivity (Wildman–Crippen MR) is 74.7 cm³/mol. The van der Waals surface area contributed by atoms with E-state index in [2.05, 4.69) is 15.5 Å². The molecule has 0 aliphatic heterocycles. The Balaban J connectivity index is 2.03. The van der Waals surface area contributed by atoms with E-state index in [9.17, 15) is 5.11 Å². The van der Waals surface area contributed by atoms with Gasteiger partial charge in [0.1, 0.15) is 17.3 Å². The minimum atomic E-state index is 0.123. The Kier molecular flexibility index (Phi) is 4.34. The maximum Gasteiger partial charge on any atom is 0.146 e. The number of ether oxygens (including phenoxy) is 1. The Morgan fingerprint density at radius 3 is 2.95 bits per heavy atom. The van der Waals surface area contributed by atoms with Gasteiger partial charge in [-0.1, -0.05) is 6.07 Å². The molecule has 0 radical (unpaired) electrons. The van der Waals surface area contributed by atoms with E-state index in [-0.39, 0.29) is 5.75 Å². The van der Waals surface area contributed by atoms with Crippen molar-refractivity contribution in [3.05, 3.63) is 48.2 Å². The number of hydrogen-bond donors (Lipinski definition) is 2. The van der Waals surface area contributed by atoms with Crippen LogP contribution in [-0.4, -0.2) is 22.9 Å². The van der Waals surface area contributed by atoms with Gasteiger partial charge in [-0.25, -0.2) is 4.98 Å². The van der Waals surface area contributed by atoms with E-state index in [4.69, 9.17) is 4.74 Å². The molecule has 2 N–H and O–H groups in total. The van der Waals surface area contributed by atoms with Crippen LogP contribution in [0.2, 0.25) is 0 Å². The molecule has 0 aliphatic carbocycles. The van der Waals surface area contributed by atoms with Gasteiger partial charge in [0, 0.05) is 17.8 Å². The van der Waals surface area contributed by atoms with E-state index >= 15 is 0 Å². The van der Waals surface area contributed by atoms with Crippen LogP contribution in [0.15, 0.2) is 47.7 Å². The maximum absolute atomic E-state index is 9.80. The first-order valence-electron chi connectivity index (χ1n) is 5.95. The Bertz CT molecular complexity index is 556. The van der Waals surface area contributed by atoms with Gasteiger partial charge in [-0.2, -0.15) is 5.10 Å². The highest BCUT2D eigenvalue weighted by atomic mass is 16.5. The normalized spacial score (nSPS) is 10.6. The SMILES string of the molecule is CCOc1ccc(/C=N/Nc2ccccn2)c(O)c1. The van der Waals surface area contributed by atoms with Crippen LogP contribution in [0.25, 0.3) is 0 Å². The third-order valence-electron chi connectivity index (χ3n) is 2.36. The van der Waals surface area contributed by atoms with E-state index in [1.54, 1.807) is 30.5 Å². The molecular formula is C14H15N3O2. The number of hydrogen-bond acceptors (Lipinski definition) is 5. The van der Waals surface area contributed by atoms with E-state index in [1.807, 2.05) is 19.1 Å². The van der Waals surface area contributed by atoms with E-state index in [0.29, 0.717) is 23.7 Å². The zero-order chi connectivity index (χ0) is 13.5. The van der Waals surface area contributed by atoms with Crippen LogP contribution in [0.4, 0.5) is 5.82 Å². The van der Waals surface area contributed by atoms with Gasteiger partial charge in [-0.3, -0.25) is 5.43 Å². The molecule has 0 saturated carbocycles. The van der Waals surface area contributed by atoms with Crippen LogP contribution < -0.4 is 10.2 Å². The summed E-state index contributed by atoms with van der Waals surface area (Å²) >= 11 is 0. The largest absolute Gasteiger partial charge is 0.507 e. The zero-order valence-corrected chi connectivity index (χ0v) is 10.6. The first-order valence-corrected chi connectivity index (χ1v) is 5.95. The van der Waals surface area contributed by atoms with Gasteiger partial charge < -0.3 is 9.84 Å². The van der Waals surface area contributed by atoms with Gasteiger partial charge in [0.2, 0.25) is 0 Å². The number of hydrazone groups is 1. The van der Waals surface area contributed by atoms with Crippen LogP contribution in [0.1, 0.15) is 12.5 Å². The lowest BCUT2D eigenvalue weighted by atomic mass is 10.2. The molecule has 5 nitrogen and oxygen atoms in total. The number of nitrogens with zero attached hydrogens (tertiary/aromatic N) is 2. The van der Waals surface area contributed by atoms with Crippen LogP contribution in [0, 0.1) is 0 Å². The third kappa shape index (κ3) is 3.70. The van der Waals surface area contributed by atoms with Crippen LogP contribution in [0.3, 0.4) is 0 Å². The Morgan fingerprint density at radius 1 is 1.37 bits per heavy atom. The lowest BCUT2D eigenvalue weighted by molar-refractivity contribution is 0.337. The molecule has 0 unspecified atom stereocenters. The number of rotatable bonds is 5. The van der Waals surface area contributed by atoms with Crippen LogP contribution in [-0.2, 0) is 0 Å². The number of benzene rings is 1. The number of pyridine rings is 1. The smallest absolute Gasteiger partial charge is 0.146 e.